The van der Waals surface area contributed by atoms with Crippen LogP contribution in [0.3, 0.4) is 0 Å². The van der Waals surface area contributed by atoms with Crippen LogP contribution in [0.2, 0.25) is 0 Å². The Bertz CT molecular complexity index is 1270. The van der Waals surface area contributed by atoms with Crippen molar-refractivity contribution >= 4 is 27.9 Å². The standard InChI is InChI=1S/C23H27N3O9S/c1-5-6-16-11-24-23(29)26-21(16)25-22-20(33-15(4)28)19(18(34-22)12-32-14(3)27)35-36(30,31)17-9-7-13(2)8-10-17/h5,7-11,18-20,22H,1,6,12H2,2-4H3,(H2,24,25,26,29)/t18-,19+,20-,22-/m1/s1. The second-order valence-electron chi connectivity index (χ2n) is 8.02. The fourth-order valence-electron chi connectivity index (χ4n) is 3.51. The van der Waals surface area contributed by atoms with E-state index < -0.39 is 52.3 Å². The van der Waals surface area contributed by atoms with E-state index in [9.17, 15) is 22.8 Å². The third-order valence-corrected chi connectivity index (χ3v) is 6.47. The van der Waals surface area contributed by atoms with E-state index in [1.807, 2.05) is 0 Å². The number of aromatic nitrogens is 2. The normalized spacial score (nSPS) is 21.5. The molecule has 2 N–H and O–H groups in total. The van der Waals surface area contributed by atoms with Crippen LogP contribution in [0.25, 0.3) is 0 Å². The molecule has 1 fully saturated rings. The number of hydrogen-bond donors (Lipinski definition) is 2. The highest BCUT2D eigenvalue weighted by Gasteiger charge is 2.51. The maximum absolute atomic E-state index is 13.0. The minimum Gasteiger partial charge on any atom is -0.463 e. The highest BCUT2D eigenvalue weighted by Crippen LogP contribution is 2.31. The van der Waals surface area contributed by atoms with Gasteiger partial charge >= 0.3 is 17.6 Å². The van der Waals surface area contributed by atoms with E-state index in [1.54, 1.807) is 25.1 Å². The molecule has 2 aromatic rings. The van der Waals surface area contributed by atoms with Crippen molar-refractivity contribution in [3.05, 3.63) is 64.7 Å². The molecular weight excluding hydrogens is 494 g/mol. The zero-order valence-corrected chi connectivity index (χ0v) is 20.7. The second kappa shape index (κ2) is 11.5. The number of nitrogens with zero attached hydrogens (tertiary/aromatic N) is 1. The van der Waals surface area contributed by atoms with E-state index in [4.69, 9.17) is 18.4 Å². The van der Waals surface area contributed by atoms with Gasteiger partial charge in [0.15, 0.2) is 12.3 Å². The molecule has 0 aliphatic carbocycles. The summed E-state index contributed by atoms with van der Waals surface area (Å²) in [5.74, 6) is -1.27. The minimum atomic E-state index is -4.34. The smallest absolute Gasteiger partial charge is 0.346 e. The van der Waals surface area contributed by atoms with Gasteiger partial charge in [-0.25, -0.2) is 4.79 Å². The van der Waals surface area contributed by atoms with E-state index in [0.29, 0.717) is 12.0 Å². The molecule has 2 heterocycles. The first-order valence-electron chi connectivity index (χ1n) is 10.9. The van der Waals surface area contributed by atoms with Crippen molar-refractivity contribution in [1.29, 1.82) is 0 Å². The number of esters is 2. The molecule has 1 aliphatic rings. The van der Waals surface area contributed by atoms with Crippen LogP contribution in [-0.2, 0) is 44.5 Å². The third kappa shape index (κ3) is 6.77. The van der Waals surface area contributed by atoms with Gasteiger partial charge in [0.25, 0.3) is 10.1 Å². The number of carbonyl (C=O) groups is 2. The van der Waals surface area contributed by atoms with Gasteiger partial charge in [-0.05, 0) is 25.5 Å². The minimum absolute atomic E-state index is 0.106. The van der Waals surface area contributed by atoms with Crippen LogP contribution in [0.15, 0.2) is 52.8 Å². The largest absolute Gasteiger partial charge is 0.463 e. The summed E-state index contributed by atoms with van der Waals surface area (Å²) in [4.78, 5) is 41.4. The van der Waals surface area contributed by atoms with Gasteiger partial charge in [-0.2, -0.15) is 13.4 Å². The summed E-state index contributed by atoms with van der Waals surface area (Å²) >= 11 is 0. The first-order valence-corrected chi connectivity index (χ1v) is 12.3. The van der Waals surface area contributed by atoms with Crippen LogP contribution < -0.4 is 11.0 Å². The number of rotatable bonds is 10. The Balaban J connectivity index is 1.98. The summed E-state index contributed by atoms with van der Waals surface area (Å²) in [6.07, 6.45) is -1.73. The predicted molar refractivity (Wildman–Crippen MR) is 126 cm³/mol. The maximum atomic E-state index is 13.0. The van der Waals surface area contributed by atoms with Gasteiger partial charge in [-0.3, -0.25) is 13.8 Å². The van der Waals surface area contributed by atoms with E-state index >= 15 is 0 Å². The molecule has 12 nitrogen and oxygen atoms in total. The van der Waals surface area contributed by atoms with Crippen LogP contribution in [0.1, 0.15) is 25.0 Å². The molecule has 0 saturated carbocycles. The van der Waals surface area contributed by atoms with E-state index in [1.165, 1.54) is 25.3 Å². The van der Waals surface area contributed by atoms with Crippen molar-refractivity contribution in [2.24, 2.45) is 0 Å². The number of benzene rings is 1. The van der Waals surface area contributed by atoms with Crippen molar-refractivity contribution in [3.8, 4) is 0 Å². The molecule has 1 aromatic heterocycles. The molecule has 3 rings (SSSR count). The molecule has 1 saturated heterocycles. The number of H-pyrrole nitrogens is 1. The number of aryl methyl sites for hydroxylation is 1. The maximum Gasteiger partial charge on any atom is 0.346 e. The zero-order chi connectivity index (χ0) is 26.5. The Morgan fingerprint density at radius 1 is 1.19 bits per heavy atom. The van der Waals surface area contributed by atoms with Gasteiger partial charge in [-0.1, -0.05) is 23.8 Å². The van der Waals surface area contributed by atoms with E-state index in [2.05, 4.69) is 21.9 Å². The molecule has 13 heteroatoms. The molecule has 0 unspecified atom stereocenters. The van der Waals surface area contributed by atoms with Gasteiger partial charge in [0.2, 0.25) is 0 Å². The lowest BCUT2D eigenvalue weighted by Crippen LogP contribution is -2.43. The number of hydrogen-bond acceptors (Lipinski definition) is 11. The van der Waals surface area contributed by atoms with Gasteiger partial charge < -0.3 is 24.5 Å². The predicted octanol–water partition coefficient (Wildman–Crippen LogP) is 1.21. The lowest BCUT2D eigenvalue weighted by atomic mass is 10.1. The van der Waals surface area contributed by atoms with Gasteiger partial charge in [-0.15, -0.1) is 6.58 Å². The first-order chi connectivity index (χ1) is 17.0. The number of aromatic amines is 1. The molecule has 4 atom stereocenters. The van der Waals surface area contributed by atoms with Crippen molar-refractivity contribution in [3.63, 3.8) is 0 Å². The lowest BCUT2D eigenvalue weighted by molar-refractivity contribution is -0.151. The Labute approximate surface area is 207 Å². The SMILES string of the molecule is C=CCc1c[nH]c(=O)nc1N[C@@H]1O[C@H](COC(C)=O)[C@H](OS(=O)(=O)c2ccc(C)cc2)[C@H]1OC(C)=O. The summed E-state index contributed by atoms with van der Waals surface area (Å²) in [5, 5.41) is 2.88. The molecule has 36 heavy (non-hydrogen) atoms. The highest BCUT2D eigenvalue weighted by molar-refractivity contribution is 7.86. The average Bonchev–Trinajstić information content (AvgIpc) is 3.09. The Hall–Kier alpha value is -3.55. The van der Waals surface area contributed by atoms with Crippen LogP contribution in [0, 0.1) is 6.92 Å². The molecule has 194 valence electrons. The molecular formula is C23H27N3O9S. The molecule has 0 spiro atoms. The zero-order valence-electron chi connectivity index (χ0n) is 19.9. The van der Waals surface area contributed by atoms with Gasteiger partial charge in [0, 0.05) is 25.6 Å². The van der Waals surface area contributed by atoms with Crippen LogP contribution in [0.5, 0.6) is 0 Å². The number of anilines is 1. The van der Waals surface area contributed by atoms with Gasteiger partial charge in [0.05, 0.1) is 4.90 Å². The van der Waals surface area contributed by atoms with Crippen LogP contribution >= 0.6 is 0 Å². The quantitative estimate of drug-likeness (QED) is 0.262. The second-order valence-corrected chi connectivity index (χ2v) is 9.59. The Morgan fingerprint density at radius 2 is 1.89 bits per heavy atom. The summed E-state index contributed by atoms with van der Waals surface area (Å²) in [6.45, 7) is 7.38. The number of allylic oxidation sites excluding steroid dienone is 1. The van der Waals surface area contributed by atoms with Crippen molar-refractivity contribution in [2.45, 2.75) is 56.6 Å². The average molecular weight is 522 g/mol. The Morgan fingerprint density at radius 3 is 2.50 bits per heavy atom. The number of carbonyl (C=O) groups excluding carboxylic acids is 2. The first kappa shape index (κ1) is 27.0. The van der Waals surface area contributed by atoms with E-state index in [-0.39, 0.29) is 17.3 Å². The fourth-order valence-corrected chi connectivity index (χ4v) is 4.62. The van der Waals surface area contributed by atoms with Crippen LogP contribution in [-0.4, -0.2) is 61.5 Å². The highest BCUT2D eigenvalue weighted by atomic mass is 32.2. The van der Waals surface area contributed by atoms with E-state index in [0.717, 1.165) is 12.5 Å². The lowest BCUT2D eigenvalue weighted by Gasteiger charge is -2.24. The summed E-state index contributed by atoms with van der Waals surface area (Å²) in [5.41, 5.74) is 0.732. The molecule has 0 amide bonds. The summed E-state index contributed by atoms with van der Waals surface area (Å²) < 4.78 is 47.9. The Kier molecular flexibility index (Phi) is 8.61. The monoisotopic (exact) mass is 521 g/mol. The van der Waals surface area contributed by atoms with Crippen molar-refractivity contribution in [2.75, 3.05) is 11.9 Å². The molecule has 1 aliphatic heterocycles. The summed E-state index contributed by atoms with van der Waals surface area (Å²) in [6, 6.07) is 5.95. The molecule has 0 bridgehead atoms. The molecule has 1 aromatic carbocycles. The fraction of sp³-hybridized carbons (Fsp3) is 0.391. The van der Waals surface area contributed by atoms with Crippen LogP contribution in [0.4, 0.5) is 5.82 Å². The number of ether oxygens (including phenoxy) is 3. The number of nitrogens with one attached hydrogen (secondary N) is 2. The summed E-state index contributed by atoms with van der Waals surface area (Å²) in [7, 11) is -4.34. The van der Waals surface area contributed by atoms with Gasteiger partial charge in [0.1, 0.15) is 24.6 Å². The van der Waals surface area contributed by atoms with Crippen molar-refractivity contribution in [1.82, 2.24) is 9.97 Å². The van der Waals surface area contributed by atoms with Crippen molar-refractivity contribution < 1.29 is 36.4 Å². The third-order valence-electron chi connectivity index (χ3n) is 5.14. The molecule has 0 radical (unpaired) electrons. The topological polar surface area (TPSA) is 163 Å².